The standard InChI is InChI=1S/C11H10ClF3O/c12-9-6-4-8(5-7-9)2-1-3-10(16)11(13,14)15/h4-7H,1-3H2. The molecule has 0 aromatic heterocycles. The number of hydrogen-bond donors (Lipinski definition) is 0. The van der Waals surface area contributed by atoms with E-state index in [0.717, 1.165) is 5.56 Å². The molecule has 0 heterocycles. The molecule has 1 rings (SSSR count). The van der Waals surface area contributed by atoms with Gasteiger partial charge in [0.2, 0.25) is 5.78 Å². The zero-order chi connectivity index (χ0) is 12.2. The second-order valence-electron chi connectivity index (χ2n) is 3.40. The summed E-state index contributed by atoms with van der Waals surface area (Å²) in [7, 11) is 0. The summed E-state index contributed by atoms with van der Waals surface area (Å²) >= 11 is 5.65. The van der Waals surface area contributed by atoms with Gasteiger partial charge in [0, 0.05) is 11.4 Å². The number of halogens is 4. The van der Waals surface area contributed by atoms with Crippen LogP contribution < -0.4 is 0 Å². The number of alkyl halides is 3. The molecule has 5 heteroatoms. The van der Waals surface area contributed by atoms with Gasteiger partial charge >= 0.3 is 6.18 Å². The van der Waals surface area contributed by atoms with Gasteiger partial charge in [0.25, 0.3) is 0 Å². The molecule has 0 saturated carbocycles. The van der Waals surface area contributed by atoms with E-state index in [1.807, 2.05) is 0 Å². The summed E-state index contributed by atoms with van der Waals surface area (Å²) in [6.07, 6.45) is -4.54. The van der Waals surface area contributed by atoms with Gasteiger partial charge in [-0.15, -0.1) is 0 Å². The largest absolute Gasteiger partial charge is 0.449 e. The lowest BCUT2D eigenvalue weighted by Crippen LogP contribution is -2.22. The normalized spacial score (nSPS) is 11.5. The predicted molar refractivity (Wildman–Crippen MR) is 55.5 cm³/mol. The summed E-state index contributed by atoms with van der Waals surface area (Å²) in [5.74, 6) is -1.67. The summed E-state index contributed by atoms with van der Waals surface area (Å²) in [6, 6.07) is 6.81. The molecule has 0 bridgehead atoms. The smallest absolute Gasteiger partial charge is 0.290 e. The van der Waals surface area contributed by atoms with Gasteiger partial charge in [0.15, 0.2) is 0 Å². The highest BCUT2D eigenvalue weighted by Crippen LogP contribution is 2.19. The number of carbonyl (C=O) groups is 1. The first kappa shape index (κ1) is 13.0. The predicted octanol–water partition coefficient (Wildman–Crippen LogP) is 3.79. The third-order valence-corrected chi connectivity index (χ3v) is 2.35. The van der Waals surface area contributed by atoms with E-state index in [1.165, 1.54) is 0 Å². The Morgan fingerprint density at radius 2 is 1.75 bits per heavy atom. The van der Waals surface area contributed by atoms with E-state index >= 15 is 0 Å². The van der Waals surface area contributed by atoms with Crippen LogP contribution in [0.3, 0.4) is 0 Å². The molecule has 0 aliphatic carbocycles. The summed E-state index contributed by atoms with van der Waals surface area (Å²) < 4.78 is 35.6. The fourth-order valence-electron chi connectivity index (χ4n) is 1.25. The van der Waals surface area contributed by atoms with E-state index in [1.54, 1.807) is 24.3 Å². The molecule has 0 radical (unpaired) electrons. The zero-order valence-electron chi connectivity index (χ0n) is 8.35. The zero-order valence-corrected chi connectivity index (χ0v) is 9.11. The first-order valence-corrected chi connectivity index (χ1v) is 5.12. The highest BCUT2D eigenvalue weighted by molar-refractivity contribution is 6.30. The van der Waals surface area contributed by atoms with Gasteiger partial charge in [-0.3, -0.25) is 4.79 Å². The van der Waals surface area contributed by atoms with Crippen LogP contribution in [0.15, 0.2) is 24.3 Å². The lowest BCUT2D eigenvalue weighted by atomic mass is 10.1. The van der Waals surface area contributed by atoms with E-state index in [-0.39, 0.29) is 6.42 Å². The van der Waals surface area contributed by atoms with Gasteiger partial charge in [-0.2, -0.15) is 13.2 Å². The maximum atomic E-state index is 11.9. The van der Waals surface area contributed by atoms with Crippen molar-refractivity contribution >= 4 is 17.4 Å². The van der Waals surface area contributed by atoms with Crippen LogP contribution in [0.5, 0.6) is 0 Å². The van der Waals surface area contributed by atoms with Crippen LogP contribution in [-0.2, 0) is 11.2 Å². The molecule has 0 aliphatic rings. The molecule has 0 fully saturated rings. The molecule has 0 N–H and O–H groups in total. The minimum atomic E-state index is -4.71. The molecule has 0 spiro atoms. The van der Waals surface area contributed by atoms with Gasteiger partial charge < -0.3 is 0 Å². The van der Waals surface area contributed by atoms with Crippen molar-refractivity contribution in [3.05, 3.63) is 34.9 Å². The fraction of sp³-hybridized carbons (Fsp3) is 0.364. The summed E-state index contributed by atoms with van der Waals surface area (Å²) in [5.41, 5.74) is 0.874. The monoisotopic (exact) mass is 250 g/mol. The number of rotatable bonds is 4. The molecule has 0 unspecified atom stereocenters. The molecule has 0 atom stereocenters. The minimum Gasteiger partial charge on any atom is -0.290 e. The Morgan fingerprint density at radius 1 is 1.19 bits per heavy atom. The van der Waals surface area contributed by atoms with Crippen LogP contribution in [0.25, 0.3) is 0 Å². The molecule has 0 aliphatic heterocycles. The average molecular weight is 251 g/mol. The van der Waals surface area contributed by atoms with E-state index in [0.29, 0.717) is 11.4 Å². The third kappa shape index (κ3) is 4.23. The van der Waals surface area contributed by atoms with E-state index in [4.69, 9.17) is 11.6 Å². The molecule has 1 aromatic carbocycles. The number of carbonyl (C=O) groups excluding carboxylic acids is 1. The molecular formula is C11H10ClF3O. The number of aryl methyl sites for hydroxylation is 1. The molecule has 1 nitrogen and oxygen atoms in total. The van der Waals surface area contributed by atoms with Gasteiger partial charge in [0.1, 0.15) is 0 Å². The lowest BCUT2D eigenvalue weighted by Gasteiger charge is -2.04. The molecule has 1 aromatic rings. The lowest BCUT2D eigenvalue weighted by molar-refractivity contribution is -0.171. The van der Waals surface area contributed by atoms with Crippen LogP contribution in [0, 0.1) is 0 Å². The third-order valence-electron chi connectivity index (χ3n) is 2.10. The van der Waals surface area contributed by atoms with Crippen LogP contribution in [0.4, 0.5) is 13.2 Å². The first-order chi connectivity index (χ1) is 7.39. The van der Waals surface area contributed by atoms with E-state index < -0.39 is 18.4 Å². The maximum Gasteiger partial charge on any atom is 0.449 e. The fourth-order valence-corrected chi connectivity index (χ4v) is 1.37. The Balaban J connectivity index is 2.36. The average Bonchev–Trinajstić information content (AvgIpc) is 2.19. The summed E-state index contributed by atoms with van der Waals surface area (Å²) in [5, 5.41) is 0.579. The SMILES string of the molecule is O=C(CCCc1ccc(Cl)cc1)C(F)(F)F. The topological polar surface area (TPSA) is 17.1 Å². The molecule has 16 heavy (non-hydrogen) atoms. The number of Topliss-reactive ketones (excluding diaryl/α,β-unsaturated/α-hetero) is 1. The van der Waals surface area contributed by atoms with Gasteiger partial charge in [-0.1, -0.05) is 23.7 Å². The van der Waals surface area contributed by atoms with Gasteiger partial charge in [0.05, 0.1) is 0 Å². The first-order valence-electron chi connectivity index (χ1n) is 4.74. The quantitative estimate of drug-likeness (QED) is 0.795. The van der Waals surface area contributed by atoms with Crippen LogP contribution >= 0.6 is 11.6 Å². The number of hydrogen-bond acceptors (Lipinski definition) is 1. The van der Waals surface area contributed by atoms with Gasteiger partial charge in [-0.25, -0.2) is 0 Å². The Morgan fingerprint density at radius 3 is 2.25 bits per heavy atom. The summed E-state index contributed by atoms with van der Waals surface area (Å²) in [6.45, 7) is 0. The maximum absolute atomic E-state index is 11.9. The van der Waals surface area contributed by atoms with Crippen molar-refractivity contribution in [2.24, 2.45) is 0 Å². The molecule has 0 amide bonds. The van der Waals surface area contributed by atoms with Crippen LogP contribution in [0.2, 0.25) is 5.02 Å². The molecular weight excluding hydrogens is 241 g/mol. The Hall–Kier alpha value is -1.03. The van der Waals surface area contributed by atoms with Crippen molar-refractivity contribution < 1.29 is 18.0 Å². The number of ketones is 1. The van der Waals surface area contributed by atoms with E-state index in [2.05, 4.69) is 0 Å². The van der Waals surface area contributed by atoms with Crippen molar-refractivity contribution in [1.82, 2.24) is 0 Å². The highest BCUT2D eigenvalue weighted by Gasteiger charge is 2.37. The van der Waals surface area contributed by atoms with Gasteiger partial charge in [-0.05, 0) is 30.5 Å². The Labute approximate surface area is 96.2 Å². The second kappa shape index (κ2) is 5.34. The second-order valence-corrected chi connectivity index (χ2v) is 3.84. The van der Waals surface area contributed by atoms with Crippen molar-refractivity contribution in [1.29, 1.82) is 0 Å². The molecule has 88 valence electrons. The van der Waals surface area contributed by atoms with Crippen LogP contribution in [0.1, 0.15) is 18.4 Å². The highest BCUT2D eigenvalue weighted by atomic mass is 35.5. The van der Waals surface area contributed by atoms with Crippen molar-refractivity contribution in [3.8, 4) is 0 Å². The minimum absolute atomic E-state index is 0.194. The Bertz CT molecular complexity index is 356. The van der Waals surface area contributed by atoms with Crippen LogP contribution in [-0.4, -0.2) is 12.0 Å². The van der Waals surface area contributed by atoms with Crippen molar-refractivity contribution in [2.45, 2.75) is 25.4 Å². The van der Waals surface area contributed by atoms with E-state index in [9.17, 15) is 18.0 Å². The summed E-state index contributed by atoms with van der Waals surface area (Å²) in [4.78, 5) is 10.6. The van der Waals surface area contributed by atoms with Crippen molar-refractivity contribution in [2.75, 3.05) is 0 Å². The molecule has 0 saturated heterocycles. The van der Waals surface area contributed by atoms with Crippen molar-refractivity contribution in [3.63, 3.8) is 0 Å². The number of benzene rings is 1. The Kier molecular flexibility index (Phi) is 4.35.